The number of halogens is 1. The molecule has 2 heteroatoms. The van der Waals surface area contributed by atoms with Gasteiger partial charge in [-0.15, -0.1) is 0 Å². The first-order valence-corrected chi connectivity index (χ1v) is 7.45. The summed E-state index contributed by atoms with van der Waals surface area (Å²) < 4.78 is 13.6. The van der Waals surface area contributed by atoms with E-state index in [1.807, 2.05) is 60.7 Å². The van der Waals surface area contributed by atoms with Crippen LogP contribution in [0.2, 0.25) is 0 Å². The standard InChI is InChI=1S/C21H13FO/c22-16-11-12-17-18(13-16)21(23)20(15-9-5-2-6-10-15)19(17)14-7-3-1-4-8-14/h1-13H. The van der Waals surface area contributed by atoms with Crippen LogP contribution in [0.1, 0.15) is 27.0 Å². The maximum atomic E-state index is 13.6. The molecule has 0 spiro atoms. The Bertz CT molecular complexity index is 925. The van der Waals surface area contributed by atoms with E-state index in [2.05, 4.69) is 0 Å². The van der Waals surface area contributed by atoms with Crippen LogP contribution in [0.5, 0.6) is 0 Å². The lowest BCUT2D eigenvalue weighted by molar-refractivity contribution is 0.105. The maximum absolute atomic E-state index is 13.6. The summed E-state index contributed by atoms with van der Waals surface area (Å²) in [6, 6.07) is 23.8. The van der Waals surface area contributed by atoms with Crippen molar-refractivity contribution >= 4 is 16.9 Å². The minimum atomic E-state index is -0.390. The fourth-order valence-electron chi connectivity index (χ4n) is 3.09. The molecule has 0 bridgehead atoms. The quantitative estimate of drug-likeness (QED) is 0.652. The zero-order chi connectivity index (χ0) is 15.8. The van der Waals surface area contributed by atoms with E-state index in [1.54, 1.807) is 6.07 Å². The lowest BCUT2D eigenvalue weighted by atomic mass is 9.94. The molecular weight excluding hydrogens is 287 g/mol. The molecule has 3 aromatic carbocycles. The predicted molar refractivity (Wildman–Crippen MR) is 89.5 cm³/mol. The van der Waals surface area contributed by atoms with E-state index in [0.29, 0.717) is 11.1 Å². The van der Waals surface area contributed by atoms with E-state index in [-0.39, 0.29) is 11.6 Å². The molecule has 0 N–H and O–H groups in total. The molecule has 110 valence electrons. The van der Waals surface area contributed by atoms with Gasteiger partial charge in [0.05, 0.1) is 0 Å². The third kappa shape index (κ3) is 2.20. The zero-order valence-electron chi connectivity index (χ0n) is 12.3. The Morgan fingerprint density at radius 3 is 1.78 bits per heavy atom. The van der Waals surface area contributed by atoms with Gasteiger partial charge in [0.2, 0.25) is 0 Å². The average Bonchev–Trinajstić information content (AvgIpc) is 2.89. The van der Waals surface area contributed by atoms with Crippen LogP contribution in [0.4, 0.5) is 4.39 Å². The molecule has 0 atom stereocenters. The molecule has 1 nitrogen and oxygen atoms in total. The van der Waals surface area contributed by atoms with Gasteiger partial charge in [-0.1, -0.05) is 66.7 Å². The predicted octanol–water partition coefficient (Wildman–Crippen LogP) is 4.98. The first kappa shape index (κ1) is 13.6. The second-order valence-corrected chi connectivity index (χ2v) is 5.50. The van der Waals surface area contributed by atoms with Gasteiger partial charge in [-0.2, -0.15) is 0 Å². The van der Waals surface area contributed by atoms with Crippen molar-refractivity contribution < 1.29 is 9.18 Å². The first-order chi connectivity index (χ1) is 11.3. The summed E-state index contributed by atoms with van der Waals surface area (Å²) in [4.78, 5) is 12.9. The third-order valence-electron chi connectivity index (χ3n) is 4.10. The number of hydrogen-bond donors (Lipinski definition) is 0. The summed E-state index contributed by atoms with van der Waals surface area (Å²) in [6.07, 6.45) is 0. The largest absolute Gasteiger partial charge is 0.289 e. The Labute approximate surface area is 133 Å². The number of carbonyl (C=O) groups excluding carboxylic acids is 1. The number of hydrogen-bond acceptors (Lipinski definition) is 1. The summed E-state index contributed by atoms with van der Waals surface area (Å²) in [5.74, 6) is -0.511. The summed E-state index contributed by atoms with van der Waals surface area (Å²) in [5, 5.41) is 0. The number of Topliss-reactive ketones (excluding diaryl/α,β-unsaturated/α-hetero) is 1. The molecule has 23 heavy (non-hydrogen) atoms. The number of benzene rings is 3. The van der Waals surface area contributed by atoms with Crippen LogP contribution in [-0.2, 0) is 0 Å². The molecule has 0 radical (unpaired) electrons. The Kier molecular flexibility index (Phi) is 3.16. The Morgan fingerprint density at radius 1 is 0.609 bits per heavy atom. The SMILES string of the molecule is O=C1C(c2ccccc2)=C(c2ccccc2)c2ccc(F)cc21. The highest BCUT2D eigenvalue weighted by Gasteiger charge is 2.31. The molecule has 1 aliphatic carbocycles. The van der Waals surface area contributed by atoms with Gasteiger partial charge < -0.3 is 0 Å². The highest BCUT2D eigenvalue weighted by atomic mass is 19.1. The van der Waals surface area contributed by atoms with Gasteiger partial charge in [0.1, 0.15) is 5.82 Å². The molecule has 0 saturated carbocycles. The van der Waals surface area contributed by atoms with Crippen LogP contribution in [0.15, 0.2) is 78.9 Å². The molecule has 0 fully saturated rings. The Hall–Kier alpha value is -3.00. The maximum Gasteiger partial charge on any atom is 0.195 e. The second kappa shape index (κ2) is 5.33. The van der Waals surface area contributed by atoms with Crippen molar-refractivity contribution in [3.63, 3.8) is 0 Å². The molecule has 1 aliphatic rings. The molecule has 4 rings (SSSR count). The summed E-state index contributed by atoms with van der Waals surface area (Å²) >= 11 is 0. The third-order valence-corrected chi connectivity index (χ3v) is 4.10. The smallest absolute Gasteiger partial charge is 0.195 e. The average molecular weight is 300 g/mol. The van der Waals surface area contributed by atoms with Gasteiger partial charge in [0.15, 0.2) is 5.78 Å². The first-order valence-electron chi connectivity index (χ1n) is 7.45. The van der Waals surface area contributed by atoms with E-state index in [1.165, 1.54) is 12.1 Å². The van der Waals surface area contributed by atoms with Crippen LogP contribution in [0, 0.1) is 5.82 Å². The molecule has 0 heterocycles. The van der Waals surface area contributed by atoms with Crippen molar-refractivity contribution in [3.8, 4) is 0 Å². The van der Waals surface area contributed by atoms with Crippen LogP contribution in [-0.4, -0.2) is 5.78 Å². The summed E-state index contributed by atoms with van der Waals surface area (Å²) in [7, 11) is 0. The van der Waals surface area contributed by atoms with Crippen molar-refractivity contribution in [3.05, 3.63) is 107 Å². The molecule has 0 aromatic heterocycles. The minimum absolute atomic E-state index is 0.121. The van der Waals surface area contributed by atoms with E-state index < -0.39 is 0 Å². The van der Waals surface area contributed by atoms with Gasteiger partial charge in [-0.3, -0.25) is 4.79 Å². The van der Waals surface area contributed by atoms with Gasteiger partial charge in [-0.25, -0.2) is 4.39 Å². The molecule has 0 saturated heterocycles. The Balaban J connectivity index is 2.04. The zero-order valence-corrected chi connectivity index (χ0v) is 12.3. The summed E-state index contributed by atoms with van der Waals surface area (Å²) in [6.45, 7) is 0. The van der Waals surface area contributed by atoms with E-state index in [4.69, 9.17) is 0 Å². The van der Waals surface area contributed by atoms with Gasteiger partial charge in [0, 0.05) is 16.7 Å². The van der Waals surface area contributed by atoms with Gasteiger partial charge >= 0.3 is 0 Å². The fraction of sp³-hybridized carbons (Fsp3) is 0. The minimum Gasteiger partial charge on any atom is -0.289 e. The van der Waals surface area contributed by atoms with Crippen molar-refractivity contribution in [2.75, 3.05) is 0 Å². The van der Waals surface area contributed by atoms with Crippen LogP contribution < -0.4 is 0 Å². The fourth-order valence-corrected chi connectivity index (χ4v) is 3.09. The molecule has 3 aromatic rings. The monoisotopic (exact) mass is 300 g/mol. The van der Waals surface area contributed by atoms with Crippen molar-refractivity contribution in [2.45, 2.75) is 0 Å². The van der Waals surface area contributed by atoms with Gasteiger partial charge in [0.25, 0.3) is 0 Å². The van der Waals surface area contributed by atoms with E-state index in [9.17, 15) is 9.18 Å². The van der Waals surface area contributed by atoms with Gasteiger partial charge in [-0.05, 0) is 28.8 Å². The summed E-state index contributed by atoms with van der Waals surface area (Å²) in [5.41, 5.74) is 4.55. The van der Waals surface area contributed by atoms with Crippen LogP contribution in [0.3, 0.4) is 0 Å². The normalized spacial score (nSPS) is 13.3. The number of fused-ring (bicyclic) bond motifs is 1. The topological polar surface area (TPSA) is 17.1 Å². The van der Waals surface area contributed by atoms with Crippen molar-refractivity contribution in [2.24, 2.45) is 0 Å². The second-order valence-electron chi connectivity index (χ2n) is 5.50. The number of ketones is 1. The van der Waals surface area contributed by atoms with Crippen molar-refractivity contribution in [1.29, 1.82) is 0 Å². The number of rotatable bonds is 2. The Morgan fingerprint density at radius 2 is 1.17 bits per heavy atom. The molecule has 0 unspecified atom stereocenters. The van der Waals surface area contributed by atoms with E-state index >= 15 is 0 Å². The number of carbonyl (C=O) groups is 1. The van der Waals surface area contributed by atoms with E-state index in [0.717, 1.165) is 22.3 Å². The lowest BCUT2D eigenvalue weighted by Crippen LogP contribution is -1.98. The highest BCUT2D eigenvalue weighted by molar-refractivity contribution is 6.41. The molecule has 0 amide bonds. The van der Waals surface area contributed by atoms with Crippen LogP contribution in [0.25, 0.3) is 11.1 Å². The van der Waals surface area contributed by atoms with Crippen LogP contribution >= 0.6 is 0 Å². The van der Waals surface area contributed by atoms with Crippen molar-refractivity contribution in [1.82, 2.24) is 0 Å². The lowest BCUT2D eigenvalue weighted by Gasteiger charge is -2.08. The molecular formula is C21H13FO. The molecule has 0 aliphatic heterocycles. The number of allylic oxidation sites excluding steroid dienone is 1. The highest BCUT2D eigenvalue weighted by Crippen LogP contribution is 2.42.